The van der Waals surface area contributed by atoms with E-state index in [1.165, 1.54) is 20.3 Å². The summed E-state index contributed by atoms with van der Waals surface area (Å²) in [5, 5.41) is 6.62. The second-order valence-electron chi connectivity index (χ2n) is 6.84. The van der Waals surface area contributed by atoms with E-state index in [-0.39, 0.29) is 35.8 Å². The van der Waals surface area contributed by atoms with Crippen LogP contribution in [0.4, 0.5) is 10.2 Å². The molecule has 1 aromatic carbocycles. The molecule has 31 heavy (non-hydrogen) atoms. The predicted octanol–water partition coefficient (Wildman–Crippen LogP) is 2.58. The van der Waals surface area contributed by atoms with E-state index in [0.29, 0.717) is 36.2 Å². The van der Waals surface area contributed by atoms with Crippen molar-refractivity contribution in [3.8, 4) is 5.75 Å². The Morgan fingerprint density at radius 2 is 2.16 bits per heavy atom. The molecule has 0 radical (unpaired) electrons. The highest BCUT2D eigenvalue weighted by Crippen LogP contribution is 2.22. The molecule has 1 unspecified atom stereocenters. The van der Waals surface area contributed by atoms with E-state index in [0.717, 1.165) is 18.5 Å². The van der Waals surface area contributed by atoms with E-state index in [4.69, 9.17) is 9.47 Å². The van der Waals surface area contributed by atoms with Crippen molar-refractivity contribution in [2.45, 2.75) is 19.0 Å². The number of aromatic nitrogens is 1. The monoisotopic (exact) mass is 543 g/mol. The number of benzene rings is 1. The quantitative estimate of drug-likeness (QED) is 0.251. The second kappa shape index (κ2) is 11.7. The van der Waals surface area contributed by atoms with Gasteiger partial charge < -0.3 is 25.0 Å². The van der Waals surface area contributed by atoms with Gasteiger partial charge >= 0.3 is 5.97 Å². The van der Waals surface area contributed by atoms with Gasteiger partial charge in [0.05, 0.1) is 14.2 Å². The van der Waals surface area contributed by atoms with Gasteiger partial charge in [0.25, 0.3) is 0 Å². The average Bonchev–Trinajstić information content (AvgIpc) is 3.24. The number of carbonyl (C=O) groups is 1. The van der Waals surface area contributed by atoms with Gasteiger partial charge in [0.2, 0.25) is 0 Å². The Morgan fingerprint density at radius 1 is 1.35 bits per heavy atom. The van der Waals surface area contributed by atoms with Crippen LogP contribution in [-0.4, -0.2) is 57.3 Å². The van der Waals surface area contributed by atoms with Crippen molar-refractivity contribution in [2.75, 3.05) is 39.3 Å². The summed E-state index contributed by atoms with van der Waals surface area (Å²) in [7, 11) is 4.54. The molecule has 2 heterocycles. The topological polar surface area (TPSA) is 88.1 Å². The van der Waals surface area contributed by atoms with Crippen molar-refractivity contribution in [1.29, 1.82) is 0 Å². The molecule has 2 N–H and O–H groups in total. The Kier molecular flexibility index (Phi) is 9.28. The Labute approximate surface area is 198 Å². The van der Waals surface area contributed by atoms with Crippen LogP contribution in [-0.2, 0) is 11.3 Å². The lowest BCUT2D eigenvalue weighted by Gasteiger charge is -2.20. The highest BCUT2D eigenvalue weighted by atomic mass is 127. The number of hydrogen-bond donors (Lipinski definition) is 2. The molecule has 1 aliphatic rings. The number of esters is 1. The second-order valence-corrected chi connectivity index (χ2v) is 6.84. The van der Waals surface area contributed by atoms with Crippen molar-refractivity contribution in [3.63, 3.8) is 0 Å². The number of halogens is 2. The first kappa shape index (κ1) is 24.6. The average molecular weight is 543 g/mol. The highest BCUT2D eigenvalue weighted by Gasteiger charge is 2.26. The lowest BCUT2D eigenvalue weighted by atomic mass is 10.1. The van der Waals surface area contributed by atoms with Crippen LogP contribution < -0.4 is 20.3 Å². The third-order valence-electron chi connectivity index (χ3n) is 4.92. The zero-order chi connectivity index (χ0) is 21.5. The molecule has 1 aliphatic heterocycles. The van der Waals surface area contributed by atoms with Crippen LogP contribution in [0.1, 0.15) is 22.3 Å². The Balaban J connectivity index is 0.00000341. The number of hydrogen-bond acceptors (Lipinski definition) is 6. The fourth-order valence-electron chi connectivity index (χ4n) is 3.38. The first-order valence-corrected chi connectivity index (χ1v) is 9.63. The summed E-state index contributed by atoms with van der Waals surface area (Å²) >= 11 is 0. The highest BCUT2D eigenvalue weighted by molar-refractivity contribution is 14.0. The Bertz CT molecular complexity index is 928. The smallest absolute Gasteiger partial charge is 0.341 e. The molecule has 1 aromatic heterocycles. The fourth-order valence-corrected chi connectivity index (χ4v) is 3.38. The largest absolute Gasteiger partial charge is 0.496 e. The van der Waals surface area contributed by atoms with Gasteiger partial charge in [0.15, 0.2) is 17.6 Å². The molecule has 10 heteroatoms. The minimum absolute atomic E-state index is 0. The number of ether oxygens (including phenoxy) is 2. The maximum atomic E-state index is 14.0. The molecule has 0 amide bonds. The summed E-state index contributed by atoms with van der Waals surface area (Å²) < 4.78 is 24.0. The van der Waals surface area contributed by atoms with E-state index in [9.17, 15) is 9.18 Å². The number of methoxy groups -OCH3 is 2. The predicted molar refractivity (Wildman–Crippen MR) is 128 cm³/mol. The summed E-state index contributed by atoms with van der Waals surface area (Å²) in [4.78, 5) is 22.1. The molecule has 1 atom stereocenters. The van der Waals surface area contributed by atoms with Crippen LogP contribution in [0.2, 0.25) is 0 Å². The van der Waals surface area contributed by atoms with Crippen LogP contribution in [0.25, 0.3) is 0 Å². The minimum Gasteiger partial charge on any atom is -0.496 e. The first-order chi connectivity index (χ1) is 14.5. The van der Waals surface area contributed by atoms with Gasteiger partial charge in [-0.2, -0.15) is 0 Å². The SMILES string of the molecule is CN=C(NCc1ccc(C(=O)OC)c(OC)c1)NC1CCN(c2ncccc2F)C1.I. The summed E-state index contributed by atoms with van der Waals surface area (Å²) in [6.45, 7) is 1.84. The van der Waals surface area contributed by atoms with Gasteiger partial charge in [-0.25, -0.2) is 14.2 Å². The van der Waals surface area contributed by atoms with E-state index in [2.05, 4.69) is 20.6 Å². The van der Waals surface area contributed by atoms with Crippen molar-refractivity contribution in [1.82, 2.24) is 15.6 Å². The lowest BCUT2D eigenvalue weighted by molar-refractivity contribution is 0.0597. The molecular formula is C21H27FIN5O3. The van der Waals surface area contributed by atoms with Crippen LogP contribution >= 0.6 is 24.0 Å². The molecule has 3 rings (SSSR count). The van der Waals surface area contributed by atoms with E-state index in [1.807, 2.05) is 11.0 Å². The summed E-state index contributed by atoms with van der Waals surface area (Å²) in [6.07, 6.45) is 2.44. The minimum atomic E-state index is -0.445. The van der Waals surface area contributed by atoms with Crippen LogP contribution in [0.5, 0.6) is 5.75 Å². The molecule has 8 nitrogen and oxygen atoms in total. The number of nitrogens with zero attached hydrogens (tertiary/aromatic N) is 3. The van der Waals surface area contributed by atoms with Crippen LogP contribution in [0, 0.1) is 5.82 Å². The zero-order valence-corrected chi connectivity index (χ0v) is 20.1. The molecule has 0 spiro atoms. The third kappa shape index (κ3) is 6.18. The van der Waals surface area contributed by atoms with Crippen LogP contribution in [0.3, 0.4) is 0 Å². The Hall–Kier alpha value is -2.63. The van der Waals surface area contributed by atoms with Gasteiger partial charge in [-0.3, -0.25) is 4.99 Å². The number of carbonyl (C=O) groups excluding carboxylic acids is 1. The molecular weight excluding hydrogens is 516 g/mol. The standard InChI is InChI=1S/C21H26FN5O3.HI/c1-23-21(25-12-14-6-7-16(20(28)30-3)18(11-14)29-2)26-15-8-10-27(13-15)19-17(22)5-4-9-24-19;/h4-7,9,11,15H,8,10,12-13H2,1-3H3,(H2,23,25,26);1H. The molecule has 0 bridgehead atoms. The van der Waals surface area contributed by atoms with Gasteiger partial charge in [-0.1, -0.05) is 6.07 Å². The number of nitrogens with one attached hydrogen (secondary N) is 2. The van der Waals surface area contributed by atoms with Gasteiger partial charge in [0, 0.05) is 38.9 Å². The first-order valence-electron chi connectivity index (χ1n) is 9.63. The summed E-state index contributed by atoms with van der Waals surface area (Å²) in [6, 6.07) is 8.42. The lowest BCUT2D eigenvalue weighted by Crippen LogP contribution is -2.44. The molecule has 0 aliphatic carbocycles. The van der Waals surface area contributed by atoms with Gasteiger partial charge in [0.1, 0.15) is 11.3 Å². The molecule has 1 fully saturated rings. The molecule has 0 saturated carbocycles. The number of pyridine rings is 1. The zero-order valence-electron chi connectivity index (χ0n) is 17.7. The van der Waals surface area contributed by atoms with Crippen molar-refractivity contribution in [3.05, 3.63) is 53.5 Å². The van der Waals surface area contributed by atoms with Crippen molar-refractivity contribution in [2.24, 2.45) is 4.99 Å². The summed E-state index contributed by atoms with van der Waals surface area (Å²) in [5.74, 6) is 0.707. The van der Waals surface area contributed by atoms with Crippen molar-refractivity contribution >= 4 is 41.7 Å². The number of guanidine groups is 1. The van der Waals surface area contributed by atoms with Gasteiger partial charge in [-0.05, 0) is 36.2 Å². The van der Waals surface area contributed by atoms with Crippen LogP contribution in [0.15, 0.2) is 41.5 Å². The molecule has 168 valence electrons. The normalized spacial score (nSPS) is 15.8. The third-order valence-corrected chi connectivity index (χ3v) is 4.92. The maximum Gasteiger partial charge on any atom is 0.341 e. The van der Waals surface area contributed by atoms with E-state index >= 15 is 0 Å². The number of rotatable bonds is 6. The van der Waals surface area contributed by atoms with E-state index in [1.54, 1.807) is 31.4 Å². The number of aliphatic imine (C=N–C) groups is 1. The number of anilines is 1. The molecule has 1 saturated heterocycles. The van der Waals surface area contributed by atoms with Gasteiger partial charge in [-0.15, -0.1) is 24.0 Å². The fraction of sp³-hybridized carbons (Fsp3) is 0.381. The Morgan fingerprint density at radius 3 is 2.84 bits per heavy atom. The maximum absolute atomic E-state index is 14.0. The van der Waals surface area contributed by atoms with Crippen molar-refractivity contribution < 1.29 is 18.7 Å². The molecule has 2 aromatic rings. The van der Waals surface area contributed by atoms with E-state index < -0.39 is 5.97 Å². The summed E-state index contributed by atoms with van der Waals surface area (Å²) in [5.41, 5.74) is 1.30.